The molecule has 108 valence electrons. The van der Waals surface area contributed by atoms with Gasteiger partial charge in [0.25, 0.3) is 5.91 Å². The third-order valence-electron chi connectivity index (χ3n) is 3.37. The molecule has 0 aliphatic carbocycles. The zero-order valence-corrected chi connectivity index (χ0v) is 12.6. The average molecular weight is 295 g/mol. The van der Waals surface area contributed by atoms with Gasteiger partial charge < -0.3 is 14.4 Å². The van der Waals surface area contributed by atoms with Crippen molar-refractivity contribution in [2.75, 3.05) is 26.8 Å². The van der Waals surface area contributed by atoms with Crippen LogP contribution in [0, 0.1) is 13.8 Å². The first-order chi connectivity index (χ1) is 9.58. The van der Waals surface area contributed by atoms with E-state index in [1.54, 1.807) is 23.3 Å². The van der Waals surface area contributed by atoms with E-state index in [1.807, 2.05) is 23.6 Å². The lowest BCUT2D eigenvalue weighted by Gasteiger charge is -2.20. The predicted molar refractivity (Wildman–Crippen MR) is 75.2 cm³/mol. The maximum atomic E-state index is 12.6. The number of aryl methyl sites for hydroxylation is 2. The summed E-state index contributed by atoms with van der Waals surface area (Å²) in [7, 11) is 1.76. The van der Waals surface area contributed by atoms with Gasteiger partial charge in [-0.05, 0) is 13.8 Å². The zero-order chi connectivity index (χ0) is 14.3. The molecule has 0 N–H and O–H groups in total. The molecule has 1 saturated heterocycles. The van der Waals surface area contributed by atoms with Gasteiger partial charge in [0.1, 0.15) is 5.69 Å². The first kappa shape index (κ1) is 13.5. The quantitative estimate of drug-likeness (QED) is 0.860. The van der Waals surface area contributed by atoms with Crippen LogP contribution in [0.3, 0.4) is 0 Å². The molecule has 3 rings (SSSR count). The van der Waals surface area contributed by atoms with Gasteiger partial charge in [-0.15, -0.1) is 11.3 Å². The number of fused-ring (bicyclic) bond motifs is 1. The van der Waals surface area contributed by atoms with E-state index in [0.717, 1.165) is 16.3 Å². The van der Waals surface area contributed by atoms with Crippen LogP contribution in [0.4, 0.5) is 0 Å². The zero-order valence-electron chi connectivity index (χ0n) is 11.8. The van der Waals surface area contributed by atoms with E-state index in [-0.39, 0.29) is 12.2 Å². The number of aromatic nitrogens is 2. The molecule has 0 radical (unpaired) electrons. The third kappa shape index (κ3) is 2.21. The molecule has 20 heavy (non-hydrogen) atoms. The van der Waals surface area contributed by atoms with Crippen molar-refractivity contribution in [1.82, 2.24) is 14.3 Å². The van der Waals surface area contributed by atoms with Crippen molar-refractivity contribution in [2.45, 2.75) is 20.1 Å². The van der Waals surface area contributed by atoms with E-state index in [0.29, 0.717) is 25.5 Å². The Hall–Kier alpha value is -1.44. The summed E-state index contributed by atoms with van der Waals surface area (Å²) in [6.07, 6.45) is -0.323. The lowest BCUT2D eigenvalue weighted by molar-refractivity contribution is -0.0543. The fraction of sp³-hybridized carbons (Fsp3) is 0.538. The average Bonchev–Trinajstić information content (AvgIpc) is 3.09. The summed E-state index contributed by atoms with van der Waals surface area (Å²) in [6, 6.07) is 0. The van der Waals surface area contributed by atoms with Gasteiger partial charge in [0.2, 0.25) is 0 Å². The highest BCUT2D eigenvalue weighted by Crippen LogP contribution is 2.21. The highest BCUT2D eigenvalue weighted by Gasteiger charge is 2.25. The molecule has 6 nitrogen and oxygen atoms in total. The van der Waals surface area contributed by atoms with Crippen LogP contribution < -0.4 is 0 Å². The van der Waals surface area contributed by atoms with Crippen LogP contribution in [0.25, 0.3) is 4.96 Å². The van der Waals surface area contributed by atoms with Crippen molar-refractivity contribution in [3.63, 3.8) is 0 Å². The van der Waals surface area contributed by atoms with E-state index >= 15 is 0 Å². The Labute approximate surface area is 120 Å². The van der Waals surface area contributed by atoms with Gasteiger partial charge in [0, 0.05) is 18.1 Å². The molecule has 0 aromatic carbocycles. The second kappa shape index (κ2) is 5.16. The Kier molecular flexibility index (Phi) is 3.49. The monoisotopic (exact) mass is 295 g/mol. The predicted octanol–water partition coefficient (Wildman–Crippen LogP) is 1.46. The van der Waals surface area contributed by atoms with Gasteiger partial charge in [0.05, 0.1) is 25.5 Å². The Balaban J connectivity index is 1.87. The standard InChI is InChI=1S/C13H17N3O3S/c1-8-7-20-13-14-9(2)11(16(8)13)12(17)15(3)6-10-18-4-5-19-10/h7,10H,4-6H2,1-3H3. The van der Waals surface area contributed by atoms with Gasteiger partial charge in [0.15, 0.2) is 11.3 Å². The molecule has 1 fully saturated rings. The fourth-order valence-corrected chi connectivity index (χ4v) is 3.26. The number of imidazole rings is 1. The Morgan fingerprint density at radius 2 is 2.20 bits per heavy atom. The van der Waals surface area contributed by atoms with E-state index in [1.165, 1.54) is 0 Å². The van der Waals surface area contributed by atoms with Gasteiger partial charge in [-0.25, -0.2) is 4.98 Å². The van der Waals surface area contributed by atoms with Gasteiger partial charge in [-0.1, -0.05) is 0 Å². The largest absolute Gasteiger partial charge is 0.348 e. The fourth-order valence-electron chi connectivity index (χ4n) is 2.35. The molecule has 2 aromatic heterocycles. The smallest absolute Gasteiger partial charge is 0.272 e. The maximum Gasteiger partial charge on any atom is 0.272 e. The maximum absolute atomic E-state index is 12.6. The molecule has 1 aliphatic rings. The minimum absolute atomic E-state index is 0.0596. The topological polar surface area (TPSA) is 56.1 Å². The summed E-state index contributed by atoms with van der Waals surface area (Å²) < 4.78 is 12.7. The van der Waals surface area contributed by atoms with Crippen molar-refractivity contribution >= 4 is 22.2 Å². The molecule has 0 unspecified atom stereocenters. The molecule has 0 spiro atoms. The summed E-state index contributed by atoms with van der Waals surface area (Å²) in [5, 5.41) is 2.00. The summed E-state index contributed by atoms with van der Waals surface area (Å²) in [5.41, 5.74) is 2.40. The number of thiazole rings is 1. The molecule has 0 saturated carbocycles. The van der Waals surface area contributed by atoms with Crippen LogP contribution in [-0.2, 0) is 9.47 Å². The van der Waals surface area contributed by atoms with E-state index in [9.17, 15) is 4.79 Å². The van der Waals surface area contributed by atoms with Crippen LogP contribution in [0.2, 0.25) is 0 Å². The highest BCUT2D eigenvalue weighted by atomic mass is 32.1. The lowest BCUT2D eigenvalue weighted by Crippen LogP contribution is -2.35. The lowest BCUT2D eigenvalue weighted by atomic mass is 10.3. The normalized spacial score (nSPS) is 16.1. The second-order valence-corrected chi connectivity index (χ2v) is 5.73. The highest BCUT2D eigenvalue weighted by molar-refractivity contribution is 7.15. The number of nitrogens with zero attached hydrogens (tertiary/aromatic N) is 3. The molecule has 0 atom stereocenters. The van der Waals surface area contributed by atoms with Gasteiger partial charge >= 0.3 is 0 Å². The molecule has 0 bridgehead atoms. The second-order valence-electron chi connectivity index (χ2n) is 4.90. The number of likely N-dealkylation sites (N-methyl/N-ethyl adjacent to an activating group) is 1. The Morgan fingerprint density at radius 1 is 1.50 bits per heavy atom. The van der Waals surface area contributed by atoms with E-state index < -0.39 is 0 Å². The van der Waals surface area contributed by atoms with Gasteiger partial charge in [-0.3, -0.25) is 9.20 Å². The number of hydrogen-bond acceptors (Lipinski definition) is 5. The van der Waals surface area contributed by atoms with Crippen LogP contribution >= 0.6 is 11.3 Å². The van der Waals surface area contributed by atoms with Crippen molar-refractivity contribution in [3.05, 3.63) is 22.5 Å². The molecular weight excluding hydrogens is 278 g/mol. The number of carbonyl (C=O) groups is 1. The molecule has 1 aliphatic heterocycles. The number of carbonyl (C=O) groups excluding carboxylic acids is 1. The molecule has 3 heterocycles. The summed E-state index contributed by atoms with van der Waals surface area (Å²) >= 11 is 1.54. The summed E-state index contributed by atoms with van der Waals surface area (Å²) in [5.74, 6) is -0.0596. The Bertz CT molecular complexity index is 643. The van der Waals surface area contributed by atoms with Crippen molar-refractivity contribution in [1.29, 1.82) is 0 Å². The SMILES string of the molecule is Cc1nc2scc(C)n2c1C(=O)N(C)CC1OCCO1. The third-order valence-corrected chi connectivity index (χ3v) is 4.32. The number of hydrogen-bond donors (Lipinski definition) is 0. The van der Waals surface area contributed by atoms with Crippen LogP contribution in [0.15, 0.2) is 5.38 Å². The minimum Gasteiger partial charge on any atom is -0.348 e. The first-order valence-electron chi connectivity index (χ1n) is 6.49. The summed E-state index contributed by atoms with van der Waals surface area (Å²) in [4.78, 5) is 19.6. The van der Waals surface area contributed by atoms with E-state index in [4.69, 9.17) is 9.47 Å². The van der Waals surface area contributed by atoms with Crippen molar-refractivity contribution in [3.8, 4) is 0 Å². The minimum atomic E-state index is -0.323. The number of ether oxygens (including phenoxy) is 2. The molecule has 1 amide bonds. The Morgan fingerprint density at radius 3 is 2.90 bits per heavy atom. The van der Waals surface area contributed by atoms with Crippen molar-refractivity contribution in [2.24, 2.45) is 0 Å². The van der Waals surface area contributed by atoms with Crippen LogP contribution in [0.5, 0.6) is 0 Å². The number of rotatable bonds is 3. The van der Waals surface area contributed by atoms with Crippen LogP contribution in [0.1, 0.15) is 21.9 Å². The van der Waals surface area contributed by atoms with Gasteiger partial charge in [-0.2, -0.15) is 0 Å². The molecule has 7 heteroatoms. The first-order valence-corrected chi connectivity index (χ1v) is 7.37. The molecule has 2 aromatic rings. The summed E-state index contributed by atoms with van der Waals surface area (Å²) in [6.45, 7) is 5.45. The number of amides is 1. The van der Waals surface area contributed by atoms with Crippen molar-refractivity contribution < 1.29 is 14.3 Å². The van der Waals surface area contributed by atoms with Crippen LogP contribution in [-0.4, -0.2) is 53.3 Å². The van der Waals surface area contributed by atoms with E-state index in [2.05, 4.69) is 4.98 Å². The molecular formula is C13H17N3O3S.